The average Bonchev–Trinajstić information content (AvgIpc) is 2.11. The van der Waals surface area contributed by atoms with Gasteiger partial charge < -0.3 is 13.0 Å². The molecular formula is C12H28O4Si3. The van der Waals surface area contributed by atoms with Crippen LogP contribution >= 0.6 is 0 Å². The maximum atomic E-state index is 11.4. The van der Waals surface area contributed by atoms with Crippen molar-refractivity contribution in [3.05, 3.63) is 12.7 Å². The summed E-state index contributed by atoms with van der Waals surface area (Å²) < 4.78 is 17.9. The molecular weight excluding hydrogens is 292 g/mol. The SMILES string of the molecule is C=CC(=O)OC(C)[Si](C)(O[Si](C)(C)C)O[Si](C)(C)C. The summed E-state index contributed by atoms with van der Waals surface area (Å²) in [6.45, 7) is 20.0. The van der Waals surface area contributed by atoms with Gasteiger partial charge >= 0.3 is 14.5 Å². The largest absolute Gasteiger partial charge is 0.458 e. The Bertz CT molecular complexity index is 315. The first-order valence-electron chi connectivity index (χ1n) is 6.52. The van der Waals surface area contributed by atoms with Crippen LogP contribution in [0.4, 0.5) is 0 Å². The predicted molar refractivity (Wildman–Crippen MR) is 86.2 cm³/mol. The molecule has 0 aliphatic heterocycles. The van der Waals surface area contributed by atoms with Gasteiger partial charge in [-0.25, -0.2) is 4.79 Å². The third kappa shape index (κ3) is 7.83. The highest BCUT2D eigenvalue weighted by Gasteiger charge is 2.47. The monoisotopic (exact) mass is 320 g/mol. The minimum absolute atomic E-state index is 0.351. The second-order valence-electron chi connectivity index (χ2n) is 6.73. The van der Waals surface area contributed by atoms with Gasteiger partial charge in [-0.05, 0) is 52.8 Å². The minimum atomic E-state index is -2.57. The molecule has 112 valence electrons. The van der Waals surface area contributed by atoms with Gasteiger partial charge in [-0.3, -0.25) is 0 Å². The summed E-state index contributed by atoms with van der Waals surface area (Å²) in [7, 11) is -6.12. The van der Waals surface area contributed by atoms with Gasteiger partial charge in [0.2, 0.25) is 0 Å². The van der Waals surface area contributed by atoms with Gasteiger partial charge in [-0.15, -0.1) is 0 Å². The molecule has 1 atom stereocenters. The minimum Gasteiger partial charge on any atom is -0.458 e. The maximum Gasteiger partial charge on any atom is 0.356 e. The maximum absolute atomic E-state index is 11.4. The molecule has 0 bridgehead atoms. The fourth-order valence-electron chi connectivity index (χ4n) is 1.73. The number of carbonyl (C=O) groups is 1. The van der Waals surface area contributed by atoms with Gasteiger partial charge in [0.1, 0.15) is 5.73 Å². The standard InChI is InChI=1S/C12H28O4Si3/c1-10-12(13)14-11(2)19(9,15-17(3,4)5)16-18(6,7)8/h10-11H,1H2,2-9H3. The Morgan fingerprint density at radius 2 is 1.37 bits per heavy atom. The molecule has 19 heavy (non-hydrogen) atoms. The van der Waals surface area contributed by atoms with Gasteiger partial charge in [0.25, 0.3) is 0 Å². The Hall–Kier alpha value is -0.219. The second kappa shape index (κ2) is 6.49. The van der Waals surface area contributed by atoms with Gasteiger partial charge in [0, 0.05) is 6.08 Å². The van der Waals surface area contributed by atoms with E-state index in [1.54, 1.807) is 0 Å². The van der Waals surface area contributed by atoms with E-state index in [-0.39, 0.29) is 5.73 Å². The summed E-state index contributed by atoms with van der Waals surface area (Å²) in [5.41, 5.74) is -0.351. The van der Waals surface area contributed by atoms with Crippen molar-refractivity contribution in [2.75, 3.05) is 0 Å². The number of ether oxygens (including phenoxy) is 1. The van der Waals surface area contributed by atoms with Gasteiger partial charge in [0.05, 0.1) is 0 Å². The topological polar surface area (TPSA) is 44.8 Å². The van der Waals surface area contributed by atoms with Gasteiger partial charge in [0.15, 0.2) is 16.6 Å². The van der Waals surface area contributed by atoms with Crippen LogP contribution in [0.15, 0.2) is 12.7 Å². The Morgan fingerprint density at radius 3 is 1.63 bits per heavy atom. The molecule has 7 heteroatoms. The molecule has 0 aliphatic carbocycles. The molecule has 0 amide bonds. The van der Waals surface area contributed by atoms with E-state index in [1.165, 1.54) is 6.08 Å². The van der Waals surface area contributed by atoms with Crippen molar-refractivity contribution in [2.45, 2.75) is 58.5 Å². The third-order valence-corrected chi connectivity index (χ3v) is 12.0. The number of hydrogen-bond donors (Lipinski definition) is 0. The van der Waals surface area contributed by atoms with E-state index in [9.17, 15) is 4.79 Å². The molecule has 0 heterocycles. The number of rotatable bonds is 7. The number of carbonyl (C=O) groups excluding carboxylic acids is 1. The van der Waals surface area contributed by atoms with Crippen molar-refractivity contribution in [3.63, 3.8) is 0 Å². The first-order valence-corrected chi connectivity index (χ1v) is 15.7. The molecule has 0 rings (SSSR count). The highest BCUT2D eigenvalue weighted by atomic mass is 28.5. The fourth-order valence-corrected chi connectivity index (χ4v) is 13.7. The molecule has 0 aromatic rings. The molecule has 0 saturated heterocycles. The van der Waals surface area contributed by atoms with Crippen molar-refractivity contribution < 1.29 is 17.8 Å². The molecule has 0 N–H and O–H groups in total. The summed E-state index contributed by atoms with van der Waals surface area (Å²) in [4.78, 5) is 11.4. The van der Waals surface area contributed by atoms with Crippen LogP contribution in [0, 0.1) is 0 Å². The van der Waals surface area contributed by atoms with E-state index >= 15 is 0 Å². The summed E-state index contributed by atoms with van der Waals surface area (Å²) in [5, 5.41) is 0. The predicted octanol–water partition coefficient (Wildman–Crippen LogP) is 3.42. The molecule has 1 unspecified atom stereocenters. The van der Waals surface area contributed by atoms with Crippen molar-refractivity contribution in [2.24, 2.45) is 0 Å². The molecule has 0 aliphatic rings. The quantitative estimate of drug-likeness (QED) is 0.409. The van der Waals surface area contributed by atoms with Crippen LogP contribution in [0.5, 0.6) is 0 Å². The number of hydrogen-bond acceptors (Lipinski definition) is 4. The van der Waals surface area contributed by atoms with E-state index in [0.717, 1.165) is 0 Å². The molecule has 0 fully saturated rings. The van der Waals surface area contributed by atoms with E-state index in [2.05, 4.69) is 45.9 Å². The lowest BCUT2D eigenvalue weighted by atomic mass is 10.6. The van der Waals surface area contributed by atoms with E-state index in [1.807, 2.05) is 13.5 Å². The highest BCUT2D eigenvalue weighted by Crippen LogP contribution is 2.25. The summed E-state index contributed by atoms with van der Waals surface area (Å²) in [5.74, 6) is -0.426. The normalized spacial score (nSPS) is 14.9. The van der Waals surface area contributed by atoms with E-state index in [4.69, 9.17) is 13.0 Å². The third-order valence-electron chi connectivity index (χ3n) is 2.22. The number of esters is 1. The Labute approximate surface area is 120 Å². The lowest BCUT2D eigenvalue weighted by molar-refractivity contribution is -0.140. The van der Waals surface area contributed by atoms with Crippen LogP contribution in [0.25, 0.3) is 0 Å². The zero-order chi connectivity index (χ0) is 15.5. The lowest BCUT2D eigenvalue weighted by Gasteiger charge is -2.41. The Kier molecular flexibility index (Phi) is 6.41. The first-order chi connectivity index (χ1) is 8.29. The zero-order valence-electron chi connectivity index (χ0n) is 13.5. The molecule has 0 radical (unpaired) electrons. The Balaban J connectivity index is 5.14. The van der Waals surface area contributed by atoms with Crippen molar-refractivity contribution in [1.29, 1.82) is 0 Å². The highest BCUT2D eigenvalue weighted by molar-refractivity contribution is 6.88. The Morgan fingerprint density at radius 1 is 1.00 bits per heavy atom. The van der Waals surface area contributed by atoms with E-state index < -0.39 is 31.2 Å². The van der Waals surface area contributed by atoms with Crippen LogP contribution in [-0.2, 0) is 17.8 Å². The lowest BCUT2D eigenvalue weighted by Crippen LogP contribution is -2.60. The van der Waals surface area contributed by atoms with Crippen LogP contribution < -0.4 is 0 Å². The first kappa shape index (κ1) is 18.8. The van der Waals surface area contributed by atoms with Crippen molar-refractivity contribution in [3.8, 4) is 0 Å². The van der Waals surface area contributed by atoms with Crippen molar-refractivity contribution in [1.82, 2.24) is 0 Å². The average molecular weight is 321 g/mol. The van der Waals surface area contributed by atoms with Crippen LogP contribution in [0.1, 0.15) is 6.92 Å². The fraction of sp³-hybridized carbons (Fsp3) is 0.750. The molecule has 4 nitrogen and oxygen atoms in total. The molecule has 0 aromatic heterocycles. The molecule has 0 saturated carbocycles. The summed E-state index contributed by atoms with van der Waals surface area (Å²) >= 11 is 0. The second-order valence-corrected chi connectivity index (χ2v) is 19.7. The van der Waals surface area contributed by atoms with Gasteiger partial charge in [-0.2, -0.15) is 0 Å². The smallest absolute Gasteiger partial charge is 0.356 e. The van der Waals surface area contributed by atoms with Crippen LogP contribution in [0.2, 0.25) is 45.8 Å². The summed E-state index contributed by atoms with van der Waals surface area (Å²) in [6, 6.07) is 0. The zero-order valence-corrected chi connectivity index (χ0v) is 16.5. The van der Waals surface area contributed by atoms with Crippen molar-refractivity contribution >= 4 is 31.2 Å². The summed E-state index contributed by atoms with van der Waals surface area (Å²) in [6.07, 6.45) is 1.17. The van der Waals surface area contributed by atoms with Gasteiger partial charge in [-0.1, -0.05) is 6.58 Å². The van der Waals surface area contributed by atoms with E-state index in [0.29, 0.717) is 0 Å². The molecule has 0 spiro atoms. The molecule has 0 aromatic carbocycles. The van der Waals surface area contributed by atoms with Crippen LogP contribution in [0.3, 0.4) is 0 Å². The van der Waals surface area contributed by atoms with Crippen LogP contribution in [-0.4, -0.2) is 36.9 Å².